The highest BCUT2D eigenvalue weighted by Crippen LogP contribution is 2.43. The number of nitrogens with one attached hydrogen (secondary N) is 1. The Kier molecular flexibility index (Phi) is 5.76. The van der Waals surface area contributed by atoms with E-state index in [1.54, 1.807) is 0 Å². The molecule has 1 N–H and O–H groups in total. The van der Waals surface area contributed by atoms with Crippen molar-refractivity contribution < 1.29 is 4.74 Å². The van der Waals surface area contributed by atoms with E-state index in [0.717, 1.165) is 24.9 Å². The molecule has 2 nitrogen and oxygen atoms in total. The van der Waals surface area contributed by atoms with Gasteiger partial charge in [-0.25, -0.2) is 0 Å². The molecule has 2 saturated carbocycles. The van der Waals surface area contributed by atoms with Crippen molar-refractivity contribution in [1.29, 1.82) is 0 Å². The predicted octanol–water partition coefficient (Wildman–Crippen LogP) is 4.78. The molecule has 0 bridgehead atoms. The molecule has 0 saturated heterocycles. The molecule has 0 radical (unpaired) electrons. The zero-order valence-corrected chi connectivity index (χ0v) is 15.0. The molecule has 124 valence electrons. The third-order valence-corrected chi connectivity index (χ3v) is 5.65. The summed E-state index contributed by atoms with van der Waals surface area (Å²) in [6.45, 7) is 13.9. The van der Waals surface area contributed by atoms with E-state index in [-0.39, 0.29) is 5.60 Å². The number of hydrogen-bond acceptors (Lipinski definition) is 2. The van der Waals surface area contributed by atoms with Gasteiger partial charge in [0.05, 0.1) is 11.7 Å². The molecule has 0 aromatic carbocycles. The first-order chi connectivity index (χ1) is 9.84. The van der Waals surface area contributed by atoms with E-state index in [1.165, 1.54) is 44.9 Å². The van der Waals surface area contributed by atoms with Gasteiger partial charge >= 0.3 is 0 Å². The summed E-state index contributed by atoms with van der Waals surface area (Å²) in [6, 6.07) is 0. The Balaban J connectivity index is 2.00. The average Bonchev–Trinajstić information content (AvgIpc) is 2.37. The van der Waals surface area contributed by atoms with Gasteiger partial charge in [0.1, 0.15) is 0 Å². The molecule has 2 aliphatic rings. The fraction of sp³-hybridized carbons (Fsp3) is 1.00. The van der Waals surface area contributed by atoms with Crippen LogP contribution in [0.15, 0.2) is 0 Å². The van der Waals surface area contributed by atoms with Crippen molar-refractivity contribution in [1.82, 2.24) is 5.32 Å². The van der Waals surface area contributed by atoms with Gasteiger partial charge in [-0.1, -0.05) is 34.6 Å². The van der Waals surface area contributed by atoms with E-state index in [0.29, 0.717) is 11.5 Å². The molecular formula is C19H37NO. The lowest BCUT2D eigenvalue weighted by atomic mass is 9.71. The zero-order valence-electron chi connectivity index (χ0n) is 15.0. The van der Waals surface area contributed by atoms with Crippen molar-refractivity contribution in [2.24, 2.45) is 17.3 Å². The summed E-state index contributed by atoms with van der Waals surface area (Å²) in [6.07, 6.45) is 9.46. The van der Waals surface area contributed by atoms with Gasteiger partial charge < -0.3 is 10.1 Å². The van der Waals surface area contributed by atoms with E-state index < -0.39 is 0 Å². The Morgan fingerprint density at radius 2 is 1.71 bits per heavy atom. The number of rotatable bonds is 5. The highest BCUT2D eigenvalue weighted by Gasteiger charge is 2.40. The smallest absolute Gasteiger partial charge is 0.0810 e. The largest absolute Gasteiger partial charge is 0.370 e. The molecule has 2 fully saturated rings. The Morgan fingerprint density at radius 3 is 2.29 bits per heavy atom. The van der Waals surface area contributed by atoms with Gasteiger partial charge in [0.15, 0.2) is 0 Å². The molecular weight excluding hydrogens is 258 g/mol. The summed E-state index contributed by atoms with van der Waals surface area (Å²) in [5.74, 6) is 1.68. The highest BCUT2D eigenvalue weighted by molar-refractivity contribution is 4.92. The maximum absolute atomic E-state index is 6.81. The summed E-state index contributed by atoms with van der Waals surface area (Å²) in [4.78, 5) is 0. The van der Waals surface area contributed by atoms with Crippen molar-refractivity contribution in [3.63, 3.8) is 0 Å². The summed E-state index contributed by atoms with van der Waals surface area (Å²) in [5, 5.41) is 3.57. The Hall–Kier alpha value is -0.0800. The Bertz CT molecular complexity index is 312. The van der Waals surface area contributed by atoms with Crippen molar-refractivity contribution >= 4 is 0 Å². The van der Waals surface area contributed by atoms with Crippen LogP contribution in [-0.2, 0) is 4.74 Å². The molecule has 0 spiro atoms. The predicted molar refractivity (Wildman–Crippen MR) is 90.6 cm³/mol. The second kappa shape index (κ2) is 7.00. The monoisotopic (exact) mass is 295 g/mol. The van der Waals surface area contributed by atoms with E-state index in [1.807, 2.05) is 0 Å². The van der Waals surface area contributed by atoms with Gasteiger partial charge in [-0.3, -0.25) is 0 Å². The molecule has 0 aromatic rings. The van der Waals surface area contributed by atoms with Crippen LogP contribution < -0.4 is 5.32 Å². The maximum Gasteiger partial charge on any atom is 0.0810 e. The SMILES string of the molecule is CCNCC1(OC2CC(C)CC(C)(C)C2)CCC(C)CC1. The van der Waals surface area contributed by atoms with Gasteiger partial charge in [0.25, 0.3) is 0 Å². The average molecular weight is 296 g/mol. The molecule has 2 aliphatic carbocycles. The summed E-state index contributed by atoms with van der Waals surface area (Å²) in [5.41, 5.74) is 0.560. The molecule has 2 heteroatoms. The molecule has 2 unspecified atom stereocenters. The molecule has 21 heavy (non-hydrogen) atoms. The molecule has 2 atom stereocenters. The second-order valence-electron chi connectivity index (χ2n) is 8.80. The Labute approximate surface area is 132 Å². The minimum Gasteiger partial charge on any atom is -0.370 e. The van der Waals surface area contributed by atoms with E-state index >= 15 is 0 Å². The van der Waals surface area contributed by atoms with Crippen LogP contribution in [0.3, 0.4) is 0 Å². The molecule has 0 aromatic heterocycles. The topological polar surface area (TPSA) is 21.3 Å². The summed E-state index contributed by atoms with van der Waals surface area (Å²) < 4.78 is 6.81. The minimum atomic E-state index is 0.111. The Morgan fingerprint density at radius 1 is 1.05 bits per heavy atom. The minimum absolute atomic E-state index is 0.111. The van der Waals surface area contributed by atoms with E-state index in [4.69, 9.17) is 4.74 Å². The van der Waals surface area contributed by atoms with Gasteiger partial charge in [-0.15, -0.1) is 0 Å². The zero-order chi connectivity index (χ0) is 15.5. The first kappa shape index (κ1) is 17.3. The maximum atomic E-state index is 6.81. The van der Waals surface area contributed by atoms with Gasteiger partial charge in [-0.2, -0.15) is 0 Å². The summed E-state index contributed by atoms with van der Waals surface area (Å²) >= 11 is 0. The van der Waals surface area contributed by atoms with Crippen molar-refractivity contribution in [2.75, 3.05) is 13.1 Å². The van der Waals surface area contributed by atoms with Gasteiger partial charge in [0, 0.05) is 6.54 Å². The number of likely N-dealkylation sites (N-methyl/N-ethyl adjacent to an activating group) is 1. The standard InChI is InChI=1S/C19H37NO/c1-6-20-14-19(9-7-15(2)8-10-19)21-17-11-16(3)12-18(4,5)13-17/h15-17,20H,6-14H2,1-5H3. The van der Waals surface area contributed by atoms with Crippen LogP contribution in [-0.4, -0.2) is 24.8 Å². The molecule has 2 rings (SSSR count). The lowest BCUT2D eigenvalue weighted by molar-refractivity contribution is -0.144. The fourth-order valence-electron chi connectivity index (χ4n) is 4.68. The highest BCUT2D eigenvalue weighted by atomic mass is 16.5. The molecule has 0 heterocycles. The van der Waals surface area contributed by atoms with Crippen LogP contribution in [0.25, 0.3) is 0 Å². The van der Waals surface area contributed by atoms with Gasteiger partial charge in [-0.05, 0) is 68.7 Å². The lowest BCUT2D eigenvalue weighted by Crippen LogP contribution is -2.49. The van der Waals surface area contributed by atoms with Crippen molar-refractivity contribution in [2.45, 2.75) is 91.3 Å². The molecule has 0 amide bonds. The van der Waals surface area contributed by atoms with Crippen LogP contribution in [0.4, 0.5) is 0 Å². The van der Waals surface area contributed by atoms with Crippen LogP contribution in [0.2, 0.25) is 0 Å². The first-order valence-electron chi connectivity index (χ1n) is 9.23. The third-order valence-electron chi connectivity index (χ3n) is 5.65. The van der Waals surface area contributed by atoms with Crippen LogP contribution in [0.1, 0.15) is 79.6 Å². The molecule has 0 aliphatic heterocycles. The van der Waals surface area contributed by atoms with Crippen LogP contribution in [0.5, 0.6) is 0 Å². The van der Waals surface area contributed by atoms with Crippen molar-refractivity contribution in [3.8, 4) is 0 Å². The second-order valence-corrected chi connectivity index (χ2v) is 8.80. The van der Waals surface area contributed by atoms with Crippen molar-refractivity contribution in [3.05, 3.63) is 0 Å². The fourth-order valence-corrected chi connectivity index (χ4v) is 4.68. The third kappa shape index (κ3) is 4.96. The van der Waals surface area contributed by atoms with E-state index in [9.17, 15) is 0 Å². The van der Waals surface area contributed by atoms with Crippen LogP contribution >= 0.6 is 0 Å². The summed E-state index contributed by atoms with van der Waals surface area (Å²) in [7, 11) is 0. The van der Waals surface area contributed by atoms with E-state index in [2.05, 4.69) is 39.9 Å². The number of ether oxygens (including phenoxy) is 1. The normalized spacial score (nSPS) is 40.1. The van der Waals surface area contributed by atoms with Crippen LogP contribution in [0, 0.1) is 17.3 Å². The first-order valence-corrected chi connectivity index (χ1v) is 9.23. The van der Waals surface area contributed by atoms with Gasteiger partial charge in [0.2, 0.25) is 0 Å². The lowest BCUT2D eigenvalue weighted by Gasteiger charge is -2.46. The number of hydrogen-bond donors (Lipinski definition) is 1. The quantitative estimate of drug-likeness (QED) is 0.788.